The Labute approximate surface area is 109 Å². The smallest absolute Gasteiger partial charge is 0.307 e. The van der Waals surface area contributed by atoms with Crippen LogP contribution >= 0.6 is 15.9 Å². The standard InChI is InChI=1S/C12H15BrN2O2/c13-11-6-9(3-4-14-11)7-15-5-1-2-10(8-15)12(16)17/h3-4,6,10H,1-2,5,7-8H2,(H,16,17). The summed E-state index contributed by atoms with van der Waals surface area (Å²) in [5.41, 5.74) is 1.16. The number of carboxylic acids is 1. The van der Waals surface area contributed by atoms with Gasteiger partial charge < -0.3 is 5.11 Å². The van der Waals surface area contributed by atoms with Crippen molar-refractivity contribution < 1.29 is 9.90 Å². The molecule has 1 saturated heterocycles. The quantitative estimate of drug-likeness (QED) is 0.869. The van der Waals surface area contributed by atoms with Gasteiger partial charge in [0.2, 0.25) is 0 Å². The van der Waals surface area contributed by atoms with E-state index in [2.05, 4.69) is 25.8 Å². The van der Waals surface area contributed by atoms with E-state index in [0.717, 1.165) is 36.1 Å². The number of halogens is 1. The first-order chi connectivity index (χ1) is 8.15. The van der Waals surface area contributed by atoms with Gasteiger partial charge in [-0.3, -0.25) is 9.69 Å². The van der Waals surface area contributed by atoms with Crippen LogP contribution in [0.3, 0.4) is 0 Å². The highest BCUT2D eigenvalue weighted by atomic mass is 79.9. The number of hydrogen-bond donors (Lipinski definition) is 1. The Bertz CT molecular complexity index is 411. The van der Waals surface area contributed by atoms with Crippen molar-refractivity contribution >= 4 is 21.9 Å². The molecule has 1 aliphatic heterocycles. The van der Waals surface area contributed by atoms with Crippen LogP contribution in [0, 0.1) is 5.92 Å². The average molecular weight is 299 g/mol. The molecule has 2 rings (SSSR count). The van der Waals surface area contributed by atoms with Crippen LogP contribution in [0.25, 0.3) is 0 Å². The Morgan fingerprint density at radius 1 is 1.65 bits per heavy atom. The monoisotopic (exact) mass is 298 g/mol. The molecule has 92 valence electrons. The second-order valence-corrected chi connectivity index (χ2v) is 5.21. The Balaban J connectivity index is 1.97. The minimum Gasteiger partial charge on any atom is -0.481 e. The molecule has 1 aromatic rings. The Hall–Kier alpha value is -0.940. The molecule has 1 N–H and O–H groups in total. The highest BCUT2D eigenvalue weighted by Crippen LogP contribution is 2.19. The molecule has 0 radical (unpaired) electrons. The van der Waals surface area contributed by atoms with Gasteiger partial charge in [-0.1, -0.05) is 0 Å². The fourth-order valence-electron chi connectivity index (χ4n) is 2.20. The third-order valence-corrected chi connectivity index (χ3v) is 3.49. The van der Waals surface area contributed by atoms with Crippen molar-refractivity contribution in [2.75, 3.05) is 13.1 Å². The summed E-state index contributed by atoms with van der Waals surface area (Å²) in [6.07, 6.45) is 3.52. The number of hydrogen-bond acceptors (Lipinski definition) is 3. The SMILES string of the molecule is O=C(O)C1CCCN(Cc2ccnc(Br)c2)C1. The van der Waals surface area contributed by atoms with Crippen molar-refractivity contribution in [1.82, 2.24) is 9.88 Å². The number of rotatable bonds is 3. The first kappa shape index (κ1) is 12.5. The lowest BCUT2D eigenvalue weighted by molar-refractivity contribution is -0.143. The molecule has 17 heavy (non-hydrogen) atoms. The van der Waals surface area contributed by atoms with Gasteiger partial charge in [0.1, 0.15) is 4.60 Å². The van der Waals surface area contributed by atoms with Crippen LogP contribution < -0.4 is 0 Å². The van der Waals surface area contributed by atoms with Crippen LogP contribution in [0.4, 0.5) is 0 Å². The van der Waals surface area contributed by atoms with E-state index in [4.69, 9.17) is 5.11 Å². The molecule has 1 aliphatic rings. The molecule has 0 saturated carbocycles. The molecule has 0 bridgehead atoms. The van der Waals surface area contributed by atoms with E-state index in [9.17, 15) is 4.79 Å². The van der Waals surface area contributed by atoms with Gasteiger partial charge in [0.25, 0.3) is 0 Å². The Kier molecular flexibility index (Phi) is 4.12. The molecule has 1 unspecified atom stereocenters. The Morgan fingerprint density at radius 2 is 2.47 bits per heavy atom. The van der Waals surface area contributed by atoms with Crippen LogP contribution in [0.15, 0.2) is 22.9 Å². The number of aromatic nitrogens is 1. The number of aliphatic carboxylic acids is 1. The molecule has 1 atom stereocenters. The van der Waals surface area contributed by atoms with Crippen LogP contribution in [-0.2, 0) is 11.3 Å². The van der Waals surface area contributed by atoms with Gasteiger partial charge >= 0.3 is 5.97 Å². The summed E-state index contributed by atoms with van der Waals surface area (Å²) >= 11 is 3.34. The largest absolute Gasteiger partial charge is 0.481 e. The maximum atomic E-state index is 11.0. The maximum absolute atomic E-state index is 11.0. The van der Waals surface area contributed by atoms with Gasteiger partial charge in [-0.25, -0.2) is 4.98 Å². The second kappa shape index (κ2) is 5.60. The zero-order chi connectivity index (χ0) is 12.3. The van der Waals surface area contributed by atoms with Gasteiger partial charge in [0.05, 0.1) is 5.92 Å². The summed E-state index contributed by atoms with van der Waals surface area (Å²) in [6, 6.07) is 3.94. The number of carbonyl (C=O) groups is 1. The second-order valence-electron chi connectivity index (χ2n) is 4.40. The molecule has 1 fully saturated rings. The lowest BCUT2D eigenvalue weighted by Crippen LogP contribution is -2.38. The highest BCUT2D eigenvalue weighted by Gasteiger charge is 2.25. The van der Waals surface area contributed by atoms with Gasteiger partial charge in [-0.05, 0) is 53.0 Å². The van der Waals surface area contributed by atoms with Crippen molar-refractivity contribution in [3.63, 3.8) is 0 Å². The summed E-state index contributed by atoms with van der Waals surface area (Å²) < 4.78 is 0.821. The normalized spacial score (nSPS) is 21.4. The molecule has 5 heteroatoms. The van der Waals surface area contributed by atoms with Crippen molar-refractivity contribution in [1.29, 1.82) is 0 Å². The van der Waals surface area contributed by atoms with Crippen LogP contribution in [0.2, 0.25) is 0 Å². The fourth-order valence-corrected chi connectivity index (χ4v) is 2.61. The third-order valence-electron chi connectivity index (χ3n) is 3.05. The van der Waals surface area contributed by atoms with E-state index in [1.165, 1.54) is 0 Å². The first-order valence-corrected chi connectivity index (χ1v) is 6.50. The molecular weight excluding hydrogens is 284 g/mol. The minimum absolute atomic E-state index is 0.214. The van der Waals surface area contributed by atoms with E-state index in [-0.39, 0.29) is 5.92 Å². The minimum atomic E-state index is -0.675. The number of piperidine rings is 1. The molecule has 2 heterocycles. The fraction of sp³-hybridized carbons (Fsp3) is 0.500. The summed E-state index contributed by atoms with van der Waals surface area (Å²) in [6.45, 7) is 2.42. The topological polar surface area (TPSA) is 53.4 Å². The molecule has 0 amide bonds. The van der Waals surface area contributed by atoms with Crippen LogP contribution in [0.1, 0.15) is 18.4 Å². The maximum Gasteiger partial charge on any atom is 0.307 e. The van der Waals surface area contributed by atoms with Gasteiger partial charge in [0.15, 0.2) is 0 Å². The molecular formula is C12H15BrN2O2. The molecule has 0 aliphatic carbocycles. The van der Waals surface area contributed by atoms with E-state index in [1.807, 2.05) is 12.1 Å². The van der Waals surface area contributed by atoms with Crippen molar-refractivity contribution in [3.8, 4) is 0 Å². The Morgan fingerprint density at radius 3 is 3.18 bits per heavy atom. The predicted octanol–water partition coefficient (Wildman–Crippen LogP) is 2.14. The molecule has 0 spiro atoms. The number of likely N-dealkylation sites (tertiary alicyclic amines) is 1. The van der Waals surface area contributed by atoms with Gasteiger partial charge in [0, 0.05) is 19.3 Å². The number of nitrogens with zero attached hydrogens (tertiary/aromatic N) is 2. The van der Waals surface area contributed by atoms with E-state index in [1.54, 1.807) is 6.20 Å². The van der Waals surface area contributed by atoms with Crippen molar-refractivity contribution in [3.05, 3.63) is 28.5 Å². The molecule has 4 nitrogen and oxygen atoms in total. The summed E-state index contributed by atoms with van der Waals surface area (Å²) in [4.78, 5) is 17.2. The summed E-state index contributed by atoms with van der Waals surface area (Å²) in [7, 11) is 0. The zero-order valence-corrected chi connectivity index (χ0v) is 11.1. The molecule has 0 aromatic carbocycles. The average Bonchev–Trinajstić information content (AvgIpc) is 2.29. The van der Waals surface area contributed by atoms with E-state index >= 15 is 0 Å². The predicted molar refractivity (Wildman–Crippen MR) is 67.6 cm³/mol. The van der Waals surface area contributed by atoms with Crippen LogP contribution in [0.5, 0.6) is 0 Å². The summed E-state index contributed by atoms with van der Waals surface area (Å²) in [5.74, 6) is -0.889. The number of pyridine rings is 1. The van der Waals surface area contributed by atoms with Crippen molar-refractivity contribution in [2.24, 2.45) is 5.92 Å². The highest BCUT2D eigenvalue weighted by molar-refractivity contribution is 9.10. The zero-order valence-electron chi connectivity index (χ0n) is 9.47. The van der Waals surface area contributed by atoms with Crippen molar-refractivity contribution in [2.45, 2.75) is 19.4 Å². The van der Waals surface area contributed by atoms with E-state index < -0.39 is 5.97 Å². The van der Waals surface area contributed by atoms with Gasteiger partial charge in [-0.2, -0.15) is 0 Å². The third kappa shape index (κ3) is 3.51. The van der Waals surface area contributed by atoms with Gasteiger partial charge in [-0.15, -0.1) is 0 Å². The lowest BCUT2D eigenvalue weighted by atomic mass is 9.98. The molecule has 1 aromatic heterocycles. The van der Waals surface area contributed by atoms with E-state index in [0.29, 0.717) is 6.54 Å². The lowest BCUT2D eigenvalue weighted by Gasteiger charge is -2.30. The number of carboxylic acid groups (broad SMARTS) is 1. The first-order valence-electron chi connectivity index (χ1n) is 5.71. The van der Waals surface area contributed by atoms with Crippen LogP contribution in [-0.4, -0.2) is 34.0 Å². The summed E-state index contributed by atoms with van der Waals surface area (Å²) in [5, 5.41) is 9.02.